The maximum absolute atomic E-state index is 11.4. The van der Waals surface area contributed by atoms with Crippen LogP contribution in [0.15, 0.2) is 11.9 Å². The molecule has 16 heavy (non-hydrogen) atoms. The number of nitrogens with two attached hydrogens (primary N) is 1. The molecule has 0 aromatic carbocycles. The Hall–Kier alpha value is -1.52. The van der Waals surface area contributed by atoms with Gasteiger partial charge in [-0.3, -0.25) is 10.2 Å². The molecule has 1 aliphatic heterocycles. The van der Waals surface area contributed by atoms with E-state index in [4.69, 9.17) is 11.1 Å². The van der Waals surface area contributed by atoms with E-state index in [0.717, 1.165) is 12.8 Å². The van der Waals surface area contributed by atoms with E-state index in [-0.39, 0.29) is 5.91 Å². The average Bonchev–Trinajstić information content (AvgIpc) is 2.43. The van der Waals surface area contributed by atoms with E-state index in [1.54, 1.807) is 0 Å². The largest absolute Gasteiger partial charge is 0.403 e. The van der Waals surface area contributed by atoms with Gasteiger partial charge in [0.2, 0.25) is 5.91 Å². The Balaban J connectivity index is 2.92. The molecule has 1 aliphatic rings. The van der Waals surface area contributed by atoms with Crippen molar-refractivity contribution in [3.8, 4) is 0 Å². The van der Waals surface area contributed by atoms with E-state index in [1.165, 1.54) is 6.20 Å². The van der Waals surface area contributed by atoms with Gasteiger partial charge in [-0.15, -0.1) is 0 Å². The second-order valence-corrected chi connectivity index (χ2v) is 3.89. The van der Waals surface area contributed by atoms with Crippen LogP contribution >= 0.6 is 0 Å². The normalized spacial score (nSPS) is 20.2. The predicted octanol–water partition coefficient (Wildman–Crippen LogP) is 0.774. The van der Waals surface area contributed by atoms with Crippen LogP contribution in [-0.2, 0) is 4.79 Å². The molecule has 90 valence electrons. The summed E-state index contributed by atoms with van der Waals surface area (Å²) in [6.07, 6.45) is 3.63. The summed E-state index contributed by atoms with van der Waals surface area (Å²) in [5, 5.41) is 10.7. The van der Waals surface area contributed by atoms with Crippen molar-refractivity contribution in [2.45, 2.75) is 39.2 Å². The number of amides is 1. The summed E-state index contributed by atoms with van der Waals surface area (Å²) in [6.45, 7) is 4.77. The van der Waals surface area contributed by atoms with Crippen molar-refractivity contribution in [1.29, 1.82) is 5.41 Å². The number of rotatable bonds is 3. The molecule has 1 saturated heterocycles. The fourth-order valence-electron chi connectivity index (χ4n) is 1.98. The third-order valence-electron chi connectivity index (χ3n) is 2.95. The molecule has 0 aliphatic carbocycles. The molecule has 1 fully saturated rings. The summed E-state index contributed by atoms with van der Waals surface area (Å²) in [6, 6.07) is 0.301. The van der Waals surface area contributed by atoms with Gasteiger partial charge in [-0.2, -0.15) is 0 Å². The Morgan fingerprint density at radius 3 is 2.69 bits per heavy atom. The van der Waals surface area contributed by atoms with Crippen LogP contribution in [0.3, 0.4) is 0 Å². The first kappa shape index (κ1) is 12.5. The molecule has 0 radical (unpaired) electrons. The van der Waals surface area contributed by atoms with Crippen LogP contribution in [0.25, 0.3) is 0 Å². The maximum atomic E-state index is 11.4. The molecule has 0 spiro atoms. The quantitative estimate of drug-likeness (QED) is 0.662. The molecular weight excluding hydrogens is 204 g/mol. The molecule has 1 amide bonds. The van der Waals surface area contributed by atoms with Gasteiger partial charge >= 0.3 is 0 Å². The molecule has 0 saturated carbocycles. The molecule has 0 atom stereocenters. The number of hydrogen-bond acceptors (Lipinski definition) is 3. The minimum absolute atomic E-state index is 0.0742. The molecule has 4 N–H and O–H groups in total. The molecule has 1 rings (SSSR count). The predicted molar refractivity (Wildman–Crippen MR) is 63.8 cm³/mol. The maximum Gasteiger partial charge on any atom is 0.226 e. The van der Waals surface area contributed by atoms with Crippen LogP contribution in [-0.4, -0.2) is 29.2 Å². The van der Waals surface area contributed by atoms with E-state index in [0.29, 0.717) is 30.5 Å². The number of hydrogen-bond donors (Lipinski definition) is 3. The summed E-state index contributed by atoms with van der Waals surface area (Å²) in [5.74, 6) is 0.247. The van der Waals surface area contributed by atoms with E-state index in [9.17, 15) is 4.79 Å². The van der Waals surface area contributed by atoms with E-state index in [2.05, 4.69) is 19.2 Å². The lowest BCUT2D eigenvalue weighted by atomic mass is 10.1. The van der Waals surface area contributed by atoms with E-state index in [1.807, 2.05) is 4.90 Å². The standard InChI is InChI=1S/C11H20N4O/c1-3-8(4-2)15-6-5-10(16)14-9(7-12)11(15)13/h7-8,13H,3-6,12H2,1-2H3,(H,14,16)/b9-7+,13-11?. The van der Waals surface area contributed by atoms with Crippen molar-refractivity contribution >= 4 is 11.7 Å². The molecular formula is C11H20N4O. The highest BCUT2D eigenvalue weighted by molar-refractivity contribution is 6.00. The van der Waals surface area contributed by atoms with E-state index >= 15 is 0 Å². The van der Waals surface area contributed by atoms with Crippen molar-refractivity contribution in [2.24, 2.45) is 5.73 Å². The van der Waals surface area contributed by atoms with Crippen LogP contribution in [0.1, 0.15) is 33.1 Å². The van der Waals surface area contributed by atoms with Crippen molar-refractivity contribution in [2.75, 3.05) is 6.54 Å². The Bertz CT molecular complexity index is 307. The summed E-state index contributed by atoms with van der Waals surface area (Å²) in [7, 11) is 0. The SMILES string of the molecule is CCC(CC)N1CCC(=O)N/C(=C/N)C1=N. The van der Waals surface area contributed by atoms with Crippen LogP contribution in [0.5, 0.6) is 0 Å². The number of nitrogens with one attached hydrogen (secondary N) is 2. The minimum atomic E-state index is -0.0742. The Kier molecular flexibility index (Phi) is 4.34. The lowest BCUT2D eigenvalue weighted by Gasteiger charge is -2.31. The first-order valence-corrected chi connectivity index (χ1v) is 5.71. The van der Waals surface area contributed by atoms with Gasteiger partial charge in [0.1, 0.15) is 5.84 Å². The lowest BCUT2D eigenvalue weighted by molar-refractivity contribution is -0.120. The lowest BCUT2D eigenvalue weighted by Crippen LogP contribution is -2.40. The monoisotopic (exact) mass is 224 g/mol. The van der Waals surface area contributed by atoms with Gasteiger partial charge in [0.15, 0.2) is 0 Å². The van der Waals surface area contributed by atoms with Gasteiger partial charge in [-0.25, -0.2) is 0 Å². The zero-order valence-electron chi connectivity index (χ0n) is 9.92. The third-order valence-corrected chi connectivity index (χ3v) is 2.95. The topological polar surface area (TPSA) is 82.2 Å². The van der Waals surface area contributed by atoms with Crippen molar-refractivity contribution in [3.05, 3.63) is 11.9 Å². The summed E-state index contributed by atoms with van der Waals surface area (Å²) < 4.78 is 0. The second kappa shape index (κ2) is 5.53. The van der Waals surface area contributed by atoms with Crippen molar-refractivity contribution < 1.29 is 4.79 Å². The van der Waals surface area contributed by atoms with Crippen LogP contribution < -0.4 is 11.1 Å². The zero-order valence-corrected chi connectivity index (χ0v) is 9.92. The Morgan fingerprint density at radius 2 is 2.19 bits per heavy atom. The van der Waals surface area contributed by atoms with Crippen LogP contribution in [0.2, 0.25) is 0 Å². The van der Waals surface area contributed by atoms with Crippen molar-refractivity contribution in [1.82, 2.24) is 10.2 Å². The molecule has 0 aromatic heterocycles. The number of amidine groups is 1. The van der Waals surface area contributed by atoms with E-state index < -0.39 is 0 Å². The fourth-order valence-corrected chi connectivity index (χ4v) is 1.98. The summed E-state index contributed by atoms with van der Waals surface area (Å²) >= 11 is 0. The highest BCUT2D eigenvalue weighted by atomic mass is 16.1. The average molecular weight is 224 g/mol. The van der Waals surface area contributed by atoms with Crippen LogP contribution in [0.4, 0.5) is 0 Å². The van der Waals surface area contributed by atoms with Gasteiger partial charge in [-0.05, 0) is 12.8 Å². The first-order valence-electron chi connectivity index (χ1n) is 5.71. The highest BCUT2D eigenvalue weighted by Crippen LogP contribution is 2.14. The zero-order chi connectivity index (χ0) is 12.1. The molecule has 1 heterocycles. The Morgan fingerprint density at radius 1 is 1.56 bits per heavy atom. The van der Waals surface area contributed by atoms with Gasteiger partial charge in [0.25, 0.3) is 0 Å². The van der Waals surface area contributed by atoms with Gasteiger partial charge in [0.05, 0.1) is 5.70 Å². The smallest absolute Gasteiger partial charge is 0.226 e. The summed E-state index contributed by atoms with van der Waals surface area (Å²) in [5.41, 5.74) is 5.84. The first-order chi connectivity index (χ1) is 7.63. The molecule has 5 nitrogen and oxygen atoms in total. The number of carbonyl (C=O) groups excluding carboxylic acids is 1. The minimum Gasteiger partial charge on any atom is -0.403 e. The summed E-state index contributed by atoms with van der Waals surface area (Å²) in [4.78, 5) is 13.4. The second-order valence-electron chi connectivity index (χ2n) is 3.89. The molecule has 5 heteroatoms. The van der Waals surface area contributed by atoms with Crippen LogP contribution in [0, 0.1) is 5.41 Å². The number of carbonyl (C=O) groups is 1. The van der Waals surface area contributed by atoms with Crippen molar-refractivity contribution in [3.63, 3.8) is 0 Å². The fraction of sp³-hybridized carbons (Fsp3) is 0.636. The van der Waals surface area contributed by atoms with Gasteiger partial charge in [-0.1, -0.05) is 13.8 Å². The molecule has 0 bridgehead atoms. The third kappa shape index (κ3) is 2.53. The molecule has 0 unspecified atom stereocenters. The number of nitrogens with zero attached hydrogens (tertiary/aromatic N) is 1. The van der Waals surface area contributed by atoms with Gasteiger partial charge in [0, 0.05) is 25.2 Å². The molecule has 0 aromatic rings. The highest BCUT2D eigenvalue weighted by Gasteiger charge is 2.25. The Labute approximate surface area is 96.2 Å². The van der Waals surface area contributed by atoms with Gasteiger partial charge < -0.3 is 16.0 Å².